The van der Waals surface area contributed by atoms with Crippen molar-refractivity contribution in [2.24, 2.45) is 0 Å². The Morgan fingerprint density at radius 3 is 2.37 bits per heavy atom. The molecule has 3 heteroatoms. The fraction of sp³-hybridized carbons (Fsp3) is 0.312. The molecule has 1 heterocycles. The molecule has 0 saturated heterocycles. The molecule has 0 radical (unpaired) electrons. The normalized spacial score (nSPS) is 10.2. The standard InChI is InChI=1S/C16H21N3/c1-3-19(4-2)16-9-7-14(8-10-16)12-18-15-6-5-11-17-13-15/h5-11,13,18H,3-4,12H2,1-2H3. The number of nitrogens with one attached hydrogen (secondary N) is 1. The quantitative estimate of drug-likeness (QED) is 0.855. The van der Waals surface area contributed by atoms with Gasteiger partial charge in [-0.3, -0.25) is 4.98 Å². The van der Waals surface area contributed by atoms with Crippen molar-refractivity contribution < 1.29 is 0 Å². The number of aromatic nitrogens is 1. The largest absolute Gasteiger partial charge is 0.380 e. The third-order valence-corrected chi connectivity index (χ3v) is 3.22. The number of anilines is 2. The van der Waals surface area contributed by atoms with E-state index in [4.69, 9.17) is 0 Å². The van der Waals surface area contributed by atoms with Crippen LogP contribution in [-0.4, -0.2) is 18.1 Å². The molecule has 0 fully saturated rings. The van der Waals surface area contributed by atoms with E-state index in [0.29, 0.717) is 0 Å². The molecule has 1 aromatic heterocycles. The molecule has 100 valence electrons. The van der Waals surface area contributed by atoms with Crippen LogP contribution in [0.2, 0.25) is 0 Å². The van der Waals surface area contributed by atoms with Crippen molar-refractivity contribution in [2.45, 2.75) is 20.4 Å². The first-order chi connectivity index (χ1) is 9.33. The summed E-state index contributed by atoms with van der Waals surface area (Å²) < 4.78 is 0. The zero-order chi connectivity index (χ0) is 13.5. The maximum atomic E-state index is 4.09. The summed E-state index contributed by atoms with van der Waals surface area (Å²) in [5.74, 6) is 0. The van der Waals surface area contributed by atoms with Gasteiger partial charge in [0.1, 0.15) is 0 Å². The van der Waals surface area contributed by atoms with Gasteiger partial charge in [-0.05, 0) is 43.7 Å². The van der Waals surface area contributed by atoms with Crippen molar-refractivity contribution in [3.05, 3.63) is 54.4 Å². The molecule has 0 aliphatic carbocycles. The molecule has 1 aromatic carbocycles. The lowest BCUT2D eigenvalue weighted by molar-refractivity contribution is 0.865. The number of nitrogens with zero attached hydrogens (tertiary/aromatic N) is 2. The second-order valence-corrected chi connectivity index (χ2v) is 4.43. The van der Waals surface area contributed by atoms with Crippen LogP contribution in [0.5, 0.6) is 0 Å². The lowest BCUT2D eigenvalue weighted by Crippen LogP contribution is -2.21. The minimum atomic E-state index is 0.824. The molecule has 19 heavy (non-hydrogen) atoms. The Bertz CT molecular complexity index is 475. The van der Waals surface area contributed by atoms with Gasteiger partial charge >= 0.3 is 0 Å². The molecule has 0 atom stereocenters. The van der Waals surface area contributed by atoms with E-state index < -0.39 is 0 Å². The second kappa shape index (κ2) is 6.78. The third-order valence-electron chi connectivity index (χ3n) is 3.22. The fourth-order valence-corrected chi connectivity index (χ4v) is 2.08. The van der Waals surface area contributed by atoms with E-state index in [0.717, 1.165) is 25.3 Å². The van der Waals surface area contributed by atoms with Crippen molar-refractivity contribution >= 4 is 11.4 Å². The highest BCUT2D eigenvalue weighted by Crippen LogP contribution is 2.15. The summed E-state index contributed by atoms with van der Waals surface area (Å²) in [4.78, 5) is 6.43. The average molecular weight is 255 g/mol. The van der Waals surface area contributed by atoms with E-state index in [-0.39, 0.29) is 0 Å². The molecule has 0 unspecified atom stereocenters. The van der Waals surface area contributed by atoms with Gasteiger partial charge in [0.05, 0.1) is 5.69 Å². The van der Waals surface area contributed by atoms with E-state index in [1.807, 2.05) is 18.3 Å². The van der Waals surface area contributed by atoms with Crippen LogP contribution in [0, 0.1) is 0 Å². The Labute approximate surface area is 115 Å². The second-order valence-electron chi connectivity index (χ2n) is 4.43. The Balaban J connectivity index is 1.95. The van der Waals surface area contributed by atoms with E-state index in [9.17, 15) is 0 Å². The zero-order valence-corrected chi connectivity index (χ0v) is 11.6. The van der Waals surface area contributed by atoms with E-state index >= 15 is 0 Å². The van der Waals surface area contributed by atoms with Gasteiger partial charge in [-0.15, -0.1) is 0 Å². The van der Waals surface area contributed by atoms with Crippen LogP contribution in [0.4, 0.5) is 11.4 Å². The smallest absolute Gasteiger partial charge is 0.0529 e. The maximum Gasteiger partial charge on any atom is 0.0529 e. The number of pyridine rings is 1. The molecular weight excluding hydrogens is 234 g/mol. The summed E-state index contributed by atoms with van der Waals surface area (Å²) in [6, 6.07) is 12.7. The first kappa shape index (κ1) is 13.4. The molecule has 2 aromatic rings. The number of rotatable bonds is 6. The van der Waals surface area contributed by atoms with Gasteiger partial charge in [0, 0.05) is 37.7 Å². The topological polar surface area (TPSA) is 28.2 Å². The van der Waals surface area contributed by atoms with Crippen molar-refractivity contribution in [3.63, 3.8) is 0 Å². The fourth-order valence-electron chi connectivity index (χ4n) is 2.08. The predicted octanol–water partition coefficient (Wildman–Crippen LogP) is 3.54. The van der Waals surface area contributed by atoms with Crippen LogP contribution in [0.25, 0.3) is 0 Å². The molecule has 2 rings (SSSR count). The van der Waals surface area contributed by atoms with Gasteiger partial charge in [-0.2, -0.15) is 0 Å². The summed E-state index contributed by atoms with van der Waals surface area (Å²) in [6.07, 6.45) is 3.62. The van der Waals surface area contributed by atoms with E-state index in [2.05, 4.69) is 53.3 Å². The molecule has 0 aliphatic rings. The summed E-state index contributed by atoms with van der Waals surface area (Å²) in [7, 11) is 0. The Kier molecular flexibility index (Phi) is 4.78. The van der Waals surface area contributed by atoms with Gasteiger partial charge in [0.15, 0.2) is 0 Å². The lowest BCUT2D eigenvalue weighted by atomic mass is 10.2. The minimum Gasteiger partial charge on any atom is -0.380 e. The molecule has 3 nitrogen and oxygen atoms in total. The highest BCUT2D eigenvalue weighted by atomic mass is 15.1. The van der Waals surface area contributed by atoms with Gasteiger partial charge in [0.2, 0.25) is 0 Å². The Hall–Kier alpha value is -2.03. The maximum absolute atomic E-state index is 4.09. The van der Waals surface area contributed by atoms with Crippen LogP contribution in [0.3, 0.4) is 0 Å². The molecule has 0 amide bonds. The van der Waals surface area contributed by atoms with Crippen LogP contribution in [-0.2, 0) is 6.54 Å². The van der Waals surface area contributed by atoms with Crippen molar-refractivity contribution in [3.8, 4) is 0 Å². The van der Waals surface area contributed by atoms with Gasteiger partial charge in [-0.1, -0.05) is 12.1 Å². The van der Waals surface area contributed by atoms with Gasteiger partial charge in [-0.25, -0.2) is 0 Å². The molecule has 0 bridgehead atoms. The number of hydrogen-bond donors (Lipinski definition) is 1. The highest BCUT2D eigenvalue weighted by Gasteiger charge is 2.01. The molecule has 0 aliphatic heterocycles. The summed E-state index contributed by atoms with van der Waals surface area (Å²) in [5.41, 5.74) is 3.62. The SMILES string of the molecule is CCN(CC)c1ccc(CNc2cccnc2)cc1. The number of hydrogen-bond acceptors (Lipinski definition) is 3. The lowest BCUT2D eigenvalue weighted by Gasteiger charge is -2.21. The predicted molar refractivity (Wildman–Crippen MR) is 81.6 cm³/mol. The van der Waals surface area contributed by atoms with Crippen molar-refractivity contribution in [2.75, 3.05) is 23.3 Å². The molecular formula is C16H21N3. The number of benzene rings is 1. The van der Waals surface area contributed by atoms with Crippen molar-refractivity contribution in [1.82, 2.24) is 4.98 Å². The van der Waals surface area contributed by atoms with Gasteiger partial charge in [0.25, 0.3) is 0 Å². The first-order valence-electron chi connectivity index (χ1n) is 6.81. The molecule has 0 spiro atoms. The monoisotopic (exact) mass is 255 g/mol. The third kappa shape index (κ3) is 3.71. The van der Waals surface area contributed by atoms with Gasteiger partial charge < -0.3 is 10.2 Å². The van der Waals surface area contributed by atoms with Crippen LogP contribution < -0.4 is 10.2 Å². The van der Waals surface area contributed by atoms with Crippen LogP contribution in [0.1, 0.15) is 19.4 Å². The highest BCUT2D eigenvalue weighted by molar-refractivity contribution is 5.48. The first-order valence-corrected chi connectivity index (χ1v) is 6.81. The molecule has 0 saturated carbocycles. The Morgan fingerprint density at radius 1 is 1.05 bits per heavy atom. The summed E-state index contributed by atoms with van der Waals surface area (Å²) >= 11 is 0. The van der Waals surface area contributed by atoms with Crippen LogP contribution >= 0.6 is 0 Å². The Morgan fingerprint density at radius 2 is 1.79 bits per heavy atom. The molecule has 1 N–H and O–H groups in total. The minimum absolute atomic E-state index is 0.824. The van der Waals surface area contributed by atoms with Crippen LogP contribution in [0.15, 0.2) is 48.8 Å². The zero-order valence-electron chi connectivity index (χ0n) is 11.6. The average Bonchev–Trinajstić information content (AvgIpc) is 2.49. The van der Waals surface area contributed by atoms with E-state index in [1.165, 1.54) is 11.3 Å². The summed E-state index contributed by atoms with van der Waals surface area (Å²) in [5, 5.41) is 3.36. The van der Waals surface area contributed by atoms with E-state index in [1.54, 1.807) is 6.20 Å². The van der Waals surface area contributed by atoms with Crippen molar-refractivity contribution in [1.29, 1.82) is 0 Å². The summed E-state index contributed by atoms with van der Waals surface area (Å²) in [6.45, 7) is 7.28.